The minimum atomic E-state index is -4.44. The highest BCUT2D eigenvalue weighted by Crippen LogP contribution is 2.44. The third-order valence-electron chi connectivity index (χ3n) is 2.23. The van der Waals surface area contributed by atoms with Gasteiger partial charge in [-0.3, -0.25) is 0 Å². The Labute approximate surface area is 124 Å². The molecule has 0 aliphatic heterocycles. The van der Waals surface area contributed by atoms with Crippen molar-refractivity contribution in [3.8, 4) is 0 Å². The number of rotatable bonds is 3. The third kappa shape index (κ3) is 4.06. The summed E-state index contributed by atoms with van der Waals surface area (Å²) < 4.78 is 36.5. The molecule has 1 rings (SSSR count). The topological polar surface area (TPSA) is 37.8 Å². The van der Waals surface area contributed by atoms with Crippen molar-refractivity contribution in [2.75, 3.05) is 11.9 Å². The molecule has 0 radical (unpaired) electrons. The van der Waals surface area contributed by atoms with E-state index < -0.39 is 14.4 Å². The van der Waals surface area contributed by atoms with Crippen molar-refractivity contribution in [3.05, 3.63) is 5.01 Å². The van der Waals surface area contributed by atoms with E-state index in [2.05, 4.69) is 47.4 Å². The number of nitrogens with one attached hydrogen (secondary N) is 1. The Balaban J connectivity index is 2.68. The van der Waals surface area contributed by atoms with Gasteiger partial charge in [0, 0.05) is 6.54 Å². The van der Waals surface area contributed by atoms with Gasteiger partial charge in [0.25, 0.3) is 0 Å². The minimum Gasteiger partial charge on any atom is -0.358 e. The van der Waals surface area contributed by atoms with Gasteiger partial charge in [0.05, 0.1) is 0 Å². The Morgan fingerprint density at radius 2 is 1.72 bits per heavy atom. The van der Waals surface area contributed by atoms with Gasteiger partial charge in [0.2, 0.25) is 10.1 Å². The van der Waals surface area contributed by atoms with E-state index in [4.69, 9.17) is 0 Å². The fraction of sp³-hybridized carbons (Fsp3) is 0.778. The van der Waals surface area contributed by atoms with E-state index in [1.807, 2.05) is 20.8 Å². The van der Waals surface area contributed by atoms with E-state index in [1.165, 1.54) is 0 Å². The van der Waals surface area contributed by atoms with Gasteiger partial charge in [-0.2, -0.15) is 13.2 Å². The average molecular weight is 411 g/mol. The Bertz CT molecular complexity index is 412. The van der Waals surface area contributed by atoms with Gasteiger partial charge in [-0.1, -0.05) is 64.0 Å². The fourth-order valence-corrected chi connectivity index (χ4v) is 1.75. The van der Waals surface area contributed by atoms with E-state index in [1.54, 1.807) is 0 Å². The standard InChI is InChI=1S/C9H12Br2F3N3S/c1-7(2,3)8(10,11)4-15-6-17-16-5(18-6)9(12,13)14/h4H2,1-3H3,(H,15,17). The van der Waals surface area contributed by atoms with Crippen LogP contribution in [0.5, 0.6) is 0 Å². The SMILES string of the molecule is CC(C)(C)C(Br)(Br)CNc1nnc(C(F)(F)F)s1. The van der Waals surface area contributed by atoms with E-state index in [-0.39, 0.29) is 10.5 Å². The summed E-state index contributed by atoms with van der Waals surface area (Å²) >= 11 is 7.48. The molecule has 0 aliphatic rings. The van der Waals surface area contributed by atoms with Gasteiger partial charge in [-0.25, -0.2) is 0 Å². The molecule has 9 heteroatoms. The zero-order valence-electron chi connectivity index (χ0n) is 9.90. The molecule has 1 N–H and O–H groups in total. The lowest BCUT2D eigenvalue weighted by Crippen LogP contribution is -2.37. The first-order valence-corrected chi connectivity index (χ1v) is 7.36. The third-order valence-corrected chi connectivity index (χ3v) is 6.09. The smallest absolute Gasteiger partial charge is 0.358 e. The van der Waals surface area contributed by atoms with E-state index >= 15 is 0 Å². The molecule has 0 saturated heterocycles. The molecule has 0 bridgehead atoms. The summed E-state index contributed by atoms with van der Waals surface area (Å²) in [5.74, 6) is 0. The van der Waals surface area contributed by atoms with E-state index in [0.29, 0.717) is 17.9 Å². The summed E-state index contributed by atoms with van der Waals surface area (Å²) in [6, 6.07) is 0. The molecule has 0 amide bonds. The predicted octanol–water partition coefficient (Wildman–Crippen LogP) is 4.50. The summed E-state index contributed by atoms with van der Waals surface area (Å²) in [6.45, 7) is 6.38. The van der Waals surface area contributed by atoms with Crippen LogP contribution in [-0.2, 0) is 6.18 Å². The number of aromatic nitrogens is 2. The molecule has 0 fully saturated rings. The first-order valence-electron chi connectivity index (χ1n) is 4.96. The number of alkyl halides is 5. The molecule has 3 nitrogen and oxygen atoms in total. The monoisotopic (exact) mass is 409 g/mol. The molecule has 104 valence electrons. The second kappa shape index (κ2) is 5.24. The van der Waals surface area contributed by atoms with Crippen LogP contribution in [0.15, 0.2) is 0 Å². The van der Waals surface area contributed by atoms with Crippen molar-refractivity contribution < 1.29 is 13.2 Å². The average Bonchev–Trinajstić information content (AvgIpc) is 2.60. The zero-order chi connectivity index (χ0) is 14.2. The normalized spacial score (nSPS) is 13.8. The van der Waals surface area contributed by atoms with Gasteiger partial charge in [-0.15, -0.1) is 10.2 Å². The van der Waals surface area contributed by atoms with Crippen molar-refractivity contribution in [1.82, 2.24) is 10.2 Å². The van der Waals surface area contributed by atoms with Crippen molar-refractivity contribution in [3.63, 3.8) is 0 Å². The van der Waals surface area contributed by atoms with Crippen LogP contribution in [0.3, 0.4) is 0 Å². The van der Waals surface area contributed by atoms with E-state index in [0.717, 1.165) is 0 Å². The fourth-order valence-electron chi connectivity index (χ4n) is 0.861. The molecule has 0 aromatic carbocycles. The van der Waals surface area contributed by atoms with Crippen LogP contribution in [0.2, 0.25) is 0 Å². The van der Waals surface area contributed by atoms with Crippen LogP contribution in [0.1, 0.15) is 25.8 Å². The molecule has 0 atom stereocenters. The lowest BCUT2D eigenvalue weighted by molar-refractivity contribution is -0.138. The lowest BCUT2D eigenvalue weighted by atomic mass is 9.92. The summed E-state index contributed by atoms with van der Waals surface area (Å²) in [6.07, 6.45) is -4.44. The Morgan fingerprint density at radius 3 is 2.11 bits per heavy atom. The molecule has 1 aromatic heterocycles. The highest BCUT2D eigenvalue weighted by atomic mass is 79.9. The maximum Gasteiger partial charge on any atom is 0.445 e. The second-order valence-electron chi connectivity index (χ2n) is 4.72. The van der Waals surface area contributed by atoms with Crippen molar-refractivity contribution in [2.45, 2.75) is 30.2 Å². The molecule has 0 unspecified atom stereocenters. The number of halogens is 5. The van der Waals surface area contributed by atoms with Crippen LogP contribution in [0.25, 0.3) is 0 Å². The molecular weight excluding hydrogens is 399 g/mol. The molecule has 0 saturated carbocycles. The molecule has 18 heavy (non-hydrogen) atoms. The highest BCUT2D eigenvalue weighted by molar-refractivity contribution is 9.25. The first-order chi connectivity index (χ1) is 7.93. The molecule has 0 spiro atoms. The summed E-state index contributed by atoms with van der Waals surface area (Å²) in [4.78, 5) is 0. The maximum atomic E-state index is 12.3. The van der Waals surface area contributed by atoms with Gasteiger partial charge in [0.15, 0.2) is 0 Å². The van der Waals surface area contributed by atoms with Crippen LogP contribution < -0.4 is 5.32 Å². The molecule has 1 aromatic rings. The Hall–Kier alpha value is 0.110. The summed E-state index contributed by atoms with van der Waals surface area (Å²) in [5.41, 5.74) is -0.127. The Morgan fingerprint density at radius 1 is 1.17 bits per heavy atom. The first kappa shape index (κ1) is 16.2. The number of hydrogen-bond donors (Lipinski definition) is 1. The van der Waals surface area contributed by atoms with Gasteiger partial charge in [0.1, 0.15) is 3.23 Å². The maximum absolute atomic E-state index is 12.3. The zero-order valence-corrected chi connectivity index (χ0v) is 13.9. The second-order valence-corrected chi connectivity index (χ2v) is 9.47. The van der Waals surface area contributed by atoms with E-state index in [9.17, 15) is 13.2 Å². The van der Waals surface area contributed by atoms with Gasteiger partial charge >= 0.3 is 6.18 Å². The minimum absolute atomic E-state index is 0.127. The lowest BCUT2D eigenvalue weighted by Gasteiger charge is -2.34. The van der Waals surface area contributed by atoms with Gasteiger partial charge in [-0.05, 0) is 5.41 Å². The summed E-state index contributed by atoms with van der Waals surface area (Å²) in [7, 11) is 0. The van der Waals surface area contributed by atoms with Crippen LogP contribution >= 0.6 is 43.2 Å². The highest BCUT2D eigenvalue weighted by Gasteiger charge is 2.38. The van der Waals surface area contributed by atoms with Crippen LogP contribution in [-0.4, -0.2) is 20.0 Å². The number of anilines is 1. The van der Waals surface area contributed by atoms with Crippen molar-refractivity contribution >= 4 is 48.3 Å². The Kier molecular flexibility index (Phi) is 4.71. The quantitative estimate of drug-likeness (QED) is 0.745. The molecule has 1 heterocycles. The van der Waals surface area contributed by atoms with Crippen LogP contribution in [0.4, 0.5) is 18.3 Å². The van der Waals surface area contributed by atoms with Gasteiger partial charge < -0.3 is 5.32 Å². The van der Waals surface area contributed by atoms with Crippen molar-refractivity contribution in [2.24, 2.45) is 5.41 Å². The summed E-state index contributed by atoms with van der Waals surface area (Å²) in [5, 5.41) is 8.60. The predicted molar refractivity (Wildman–Crippen MR) is 73.4 cm³/mol. The van der Waals surface area contributed by atoms with Crippen LogP contribution in [0, 0.1) is 5.41 Å². The van der Waals surface area contributed by atoms with Crippen molar-refractivity contribution in [1.29, 1.82) is 0 Å². The largest absolute Gasteiger partial charge is 0.445 e. The number of nitrogens with zero attached hydrogens (tertiary/aromatic N) is 2. The number of hydrogen-bond acceptors (Lipinski definition) is 4. The molecule has 0 aliphatic carbocycles. The molecular formula is C9H12Br2F3N3S.